The van der Waals surface area contributed by atoms with Gasteiger partial charge < -0.3 is 10.3 Å². The van der Waals surface area contributed by atoms with E-state index in [1.54, 1.807) is 12.4 Å². The molecule has 1 saturated carbocycles. The van der Waals surface area contributed by atoms with Gasteiger partial charge in [0.2, 0.25) is 10.0 Å². The zero-order valence-electron chi connectivity index (χ0n) is 13.2. The van der Waals surface area contributed by atoms with E-state index in [9.17, 15) is 13.2 Å². The lowest BCUT2D eigenvalue weighted by Gasteiger charge is -2.12. The average Bonchev–Trinajstić information content (AvgIpc) is 3.26. The van der Waals surface area contributed by atoms with Crippen LogP contribution in [-0.2, 0) is 16.6 Å². The van der Waals surface area contributed by atoms with Gasteiger partial charge in [-0.3, -0.25) is 4.79 Å². The number of H-pyrrole nitrogens is 1. The zero-order chi connectivity index (χ0) is 17.0. The van der Waals surface area contributed by atoms with Crippen LogP contribution in [0.25, 0.3) is 0 Å². The van der Waals surface area contributed by atoms with Crippen molar-refractivity contribution in [2.45, 2.75) is 43.2 Å². The number of amides is 1. The van der Waals surface area contributed by atoms with Gasteiger partial charge >= 0.3 is 0 Å². The molecule has 0 unspecified atom stereocenters. The highest BCUT2D eigenvalue weighted by atomic mass is 32.2. The lowest BCUT2D eigenvalue weighted by atomic mass is 10.2. The fourth-order valence-electron chi connectivity index (χ4n) is 2.78. The summed E-state index contributed by atoms with van der Waals surface area (Å²) < 4.78 is 27.4. The van der Waals surface area contributed by atoms with Crippen LogP contribution in [0.1, 0.15) is 41.9 Å². The number of rotatable bonds is 6. The minimum Gasteiger partial charge on any atom is -0.347 e. The lowest BCUT2D eigenvalue weighted by molar-refractivity contribution is 0.0950. The number of aromatic amines is 1. The number of sulfonamides is 1. The molecule has 0 atom stereocenters. The van der Waals surface area contributed by atoms with Crippen LogP contribution in [0.3, 0.4) is 0 Å². The van der Waals surface area contributed by atoms with Gasteiger partial charge in [-0.1, -0.05) is 12.8 Å². The predicted octanol–water partition coefficient (Wildman–Crippen LogP) is 1.56. The lowest BCUT2D eigenvalue weighted by Crippen LogP contribution is -2.32. The summed E-state index contributed by atoms with van der Waals surface area (Å²) in [5.74, 6) is 0.377. The van der Waals surface area contributed by atoms with Crippen LogP contribution < -0.4 is 10.0 Å². The molecule has 0 bridgehead atoms. The molecule has 128 valence electrons. The van der Waals surface area contributed by atoms with Crippen molar-refractivity contribution in [3.63, 3.8) is 0 Å². The second-order valence-corrected chi connectivity index (χ2v) is 7.56. The molecule has 0 saturated heterocycles. The van der Waals surface area contributed by atoms with E-state index in [1.165, 1.54) is 24.3 Å². The Morgan fingerprint density at radius 3 is 2.54 bits per heavy atom. The largest absolute Gasteiger partial charge is 0.347 e. The molecule has 2 aromatic rings. The van der Waals surface area contributed by atoms with Crippen molar-refractivity contribution in [2.24, 2.45) is 0 Å². The smallest absolute Gasteiger partial charge is 0.251 e. The molecule has 3 rings (SSSR count). The maximum atomic E-state index is 12.3. The quantitative estimate of drug-likeness (QED) is 0.737. The number of imidazole rings is 1. The molecule has 24 heavy (non-hydrogen) atoms. The standard InChI is InChI=1S/C16H20N4O3S/c21-16(19-11-15-17-9-10-18-15)12-5-7-14(8-6-12)24(22,23)20-13-3-1-2-4-13/h5-10,13,20H,1-4,11H2,(H,17,18)(H,19,21). The molecule has 3 N–H and O–H groups in total. The molecule has 1 aromatic heterocycles. The zero-order valence-corrected chi connectivity index (χ0v) is 14.0. The highest BCUT2D eigenvalue weighted by Crippen LogP contribution is 2.20. The molecule has 8 heteroatoms. The first kappa shape index (κ1) is 16.7. The summed E-state index contributed by atoms with van der Waals surface area (Å²) in [6.45, 7) is 0.287. The first-order valence-electron chi connectivity index (χ1n) is 7.93. The molecule has 1 aromatic carbocycles. The van der Waals surface area contributed by atoms with Gasteiger partial charge in [-0.15, -0.1) is 0 Å². The fraction of sp³-hybridized carbons (Fsp3) is 0.375. The summed E-state index contributed by atoms with van der Waals surface area (Å²) >= 11 is 0. The maximum Gasteiger partial charge on any atom is 0.251 e. The molecule has 1 amide bonds. The van der Waals surface area contributed by atoms with E-state index < -0.39 is 10.0 Å². The Bertz CT molecular complexity index is 779. The van der Waals surface area contributed by atoms with E-state index in [0.29, 0.717) is 11.4 Å². The molecule has 0 radical (unpaired) electrons. The van der Waals surface area contributed by atoms with Gasteiger partial charge in [0.1, 0.15) is 5.82 Å². The topological polar surface area (TPSA) is 104 Å². The molecule has 7 nitrogen and oxygen atoms in total. The van der Waals surface area contributed by atoms with Crippen LogP contribution in [0, 0.1) is 0 Å². The van der Waals surface area contributed by atoms with Gasteiger partial charge in [0.15, 0.2) is 0 Å². The van der Waals surface area contributed by atoms with Crippen LogP contribution in [-0.4, -0.2) is 30.3 Å². The van der Waals surface area contributed by atoms with Crippen molar-refractivity contribution in [2.75, 3.05) is 0 Å². The Kier molecular flexibility index (Phi) is 4.96. The molecule has 0 aliphatic heterocycles. The Balaban J connectivity index is 1.62. The highest BCUT2D eigenvalue weighted by Gasteiger charge is 2.23. The van der Waals surface area contributed by atoms with Gasteiger partial charge in [-0.05, 0) is 37.1 Å². The SMILES string of the molecule is O=C(NCc1ncc[nH]1)c1ccc(S(=O)(=O)NC2CCCC2)cc1. The minimum absolute atomic E-state index is 0.0197. The van der Waals surface area contributed by atoms with Crippen molar-refractivity contribution in [3.05, 3.63) is 48.0 Å². The van der Waals surface area contributed by atoms with E-state index in [0.717, 1.165) is 25.7 Å². The number of nitrogens with zero attached hydrogens (tertiary/aromatic N) is 1. The summed E-state index contributed by atoms with van der Waals surface area (Å²) in [7, 11) is -3.53. The minimum atomic E-state index is -3.53. The van der Waals surface area contributed by atoms with Crippen LogP contribution in [0.4, 0.5) is 0 Å². The van der Waals surface area contributed by atoms with Crippen LogP contribution in [0.15, 0.2) is 41.6 Å². The molecule has 1 aliphatic carbocycles. The van der Waals surface area contributed by atoms with E-state index in [4.69, 9.17) is 0 Å². The monoisotopic (exact) mass is 348 g/mol. The number of aromatic nitrogens is 2. The highest BCUT2D eigenvalue weighted by molar-refractivity contribution is 7.89. The Morgan fingerprint density at radius 2 is 1.92 bits per heavy atom. The molecule has 1 fully saturated rings. The summed E-state index contributed by atoms with van der Waals surface area (Å²) in [6, 6.07) is 5.96. The van der Waals surface area contributed by atoms with Crippen molar-refractivity contribution >= 4 is 15.9 Å². The Morgan fingerprint density at radius 1 is 1.21 bits per heavy atom. The van der Waals surface area contributed by atoms with Crippen LogP contribution >= 0.6 is 0 Å². The summed E-state index contributed by atoms with van der Waals surface area (Å²) in [6.07, 6.45) is 7.17. The van der Waals surface area contributed by atoms with E-state index in [-0.39, 0.29) is 23.4 Å². The third kappa shape index (κ3) is 4.01. The number of benzene rings is 1. The van der Waals surface area contributed by atoms with E-state index >= 15 is 0 Å². The molecule has 1 heterocycles. The second-order valence-electron chi connectivity index (χ2n) is 5.85. The van der Waals surface area contributed by atoms with Crippen molar-refractivity contribution < 1.29 is 13.2 Å². The number of hydrogen-bond acceptors (Lipinski definition) is 4. The molecular weight excluding hydrogens is 328 g/mol. The third-order valence-corrected chi connectivity index (χ3v) is 5.61. The fourth-order valence-corrected chi connectivity index (χ4v) is 4.08. The number of hydrogen-bond donors (Lipinski definition) is 3. The summed E-state index contributed by atoms with van der Waals surface area (Å²) in [5, 5.41) is 2.72. The van der Waals surface area contributed by atoms with Gasteiger partial charge in [-0.25, -0.2) is 18.1 Å². The summed E-state index contributed by atoms with van der Waals surface area (Å²) in [5.41, 5.74) is 0.404. The predicted molar refractivity (Wildman–Crippen MR) is 88.8 cm³/mol. The van der Waals surface area contributed by atoms with Crippen molar-refractivity contribution in [3.8, 4) is 0 Å². The average molecular weight is 348 g/mol. The first-order chi connectivity index (χ1) is 11.5. The van der Waals surface area contributed by atoms with Gasteiger partial charge in [0.05, 0.1) is 11.4 Å². The van der Waals surface area contributed by atoms with Gasteiger partial charge in [0.25, 0.3) is 5.91 Å². The number of carbonyl (C=O) groups excluding carboxylic acids is 1. The Hall–Kier alpha value is -2.19. The number of nitrogens with one attached hydrogen (secondary N) is 3. The molecular formula is C16H20N4O3S. The second kappa shape index (κ2) is 7.14. The normalized spacial score (nSPS) is 15.5. The number of carbonyl (C=O) groups is 1. The van der Waals surface area contributed by atoms with E-state index in [2.05, 4.69) is 20.0 Å². The van der Waals surface area contributed by atoms with Crippen LogP contribution in [0.2, 0.25) is 0 Å². The Labute approximate surface area is 140 Å². The maximum absolute atomic E-state index is 12.3. The first-order valence-corrected chi connectivity index (χ1v) is 9.42. The third-order valence-electron chi connectivity index (χ3n) is 4.08. The van der Waals surface area contributed by atoms with Crippen LogP contribution in [0.5, 0.6) is 0 Å². The molecule has 0 spiro atoms. The summed E-state index contributed by atoms with van der Waals surface area (Å²) in [4.78, 5) is 19.2. The molecule has 1 aliphatic rings. The van der Waals surface area contributed by atoms with Gasteiger partial charge in [-0.2, -0.15) is 0 Å². The van der Waals surface area contributed by atoms with Crippen molar-refractivity contribution in [1.82, 2.24) is 20.0 Å². The van der Waals surface area contributed by atoms with Crippen molar-refractivity contribution in [1.29, 1.82) is 0 Å². The van der Waals surface area contributed by atoms with E-state index in [1.807, 2.05) is 0 Å². The van der Waals surface area contributed by atoms with Gasteiger partial charge in [0, 0.05) is 24.0 Å².